The van der Waals surface area contributed by atoms with E-state index in [4.69, 9.17) is 0 Å². The van der Waals surface area contributed by atoms with Gasteiger partial charge < -0.3 is 5.32 Å². The number of fused-ring (bicyclic) bond motifs is 1. The van der Waals surface area contributed by atoms with Crippen molar-refractivity contribution in [3.8, 4) is 5.69 Å². The average molecular weight is 472 g/mol. The average Bonchev–Trinajstić information content (AvgIpc) is 3.32. The fourth-order valence-electron chi connectivity index (χ4n) is 3.45. The van der Waals surface area contributed by atoms with Crippen molar-refractivity contribution in [2.24, 2.45) is 4.99 Å². The quantitative estimate of drug-likeness (QED) is 0.485. The van der Waals surface area contributed by atoms with Crippen LogP contribution in [0.2, 0.25) is 0 Å². The predicted molar refractivity (Wildman–Crippen MR) is 119 cm³/mol. The first-order valence-corrected chi connectivity index (χ1v) is 11.8. The van der Waals surface area contributed by atoms with Gasteiger partial charge in [0, 0.05) is 24.2 Å². The lowest BCUT2D eigenvalue weighted by Gasteiger charge is -2.09. The molecule has 2 N–H and O–H groups in total. The van der Waals surface area contributed by atoms with Gasteiger partial charge in [-0.3, -0.25) is 14.5 Å². The lowest BCUT2D eigenvalue weighted by Crippen LogP contribution is -2.22. The number of carbonyl (C=O) groups is 1. The monoisotopic (exact) mass is 471 g/mol. The maximum atomic E-state index is 14.1. The van der Waals surface area contributed by atoms with Gasteiger partial charge in [0.2, 0.25) is 5.91 Å². The van der Waals surface area contributed by atoms with Gasteiger partial charge in [-0.05, 0) is 60.5 Å². The zero-order valence-corrected chi connectivity index (χ0v) is 18.6. The van der Waals surface area contributed by atoms with Gasteiger partial charge in [0.15, 0.2) is 5.82 Å². The number of hydrogen-bond donors (Lipinski definition) is 2. The number of amidine groups is 1. The topological polar surface area (TPSA) is 131 Å². The van der Waals surface area contributed by atoms with Gasteiger partial charge in [0.1, 0.15) is 17.3 Å². The summed E-state index contributed by atoms with van der Waals surface area (Å²) in [6.45, 7) is 2.09. The summed E-state index contributed by atoms with van der Waals surface area (Å²) in [4.78, 5) is 16.9. The molecule has 33 heavy (non-hydrogen) atoms. The standard InChI is InChI=1S/C21H22FN7O3S/c1-14-25-27-28-29(14)18-13-15(10-11-17(18)22)24-20(30)9-3-2-6-12-23-21-16-7-4-5-8-19(16)33(31,32)26-21/h4-5,7-8,10-11,13H,2-3,6,9,12H2,1H3,(H,23,26)(H,24,30). The minimum absolute atomic E-state index is 0.151. The highest BCUT2D eigenvalue weighted by Crippen LogP contribution is 2.22. The fourth-order valence-corrected chi connectivity index (χ4v) is 4.70. The molecule has 10 nitrogen and oxygen atoms in total. The zero-order chi connectivity index (χ0) is 23.4. The summed E-state index contributed by atoms with van der Waals surface area (Å²) < 4.78 is 42.0. The second-order valence-electron chi connectivity index (χ2n) is 7.49. The third-order valence-corrected chi connectivity index (χ3v) is 6.48. The normalized spacial score (nSPS) is 15.3. The third-order valence-electron chi connectivity index (χ3n) is 5.08. The van der Waals surface area contributed by atoms with E-state index in [-0.39, 0.29) is 16.5 Å². The first-order valence-electron chi connectivity index (χ1n) is 10.4. The van der Waals surface area contributed by atoms with Crippen LogP contribution in [-0.2, 0) is 14.8 Å². The molecule has 4 rings (SSSR count). The van der Waals surface area contributed by atoms with Crippen LogP contribution in [0.15, 0.2) is 52.4 Å². The Morgan fingerprint density at radius 2 is 2.00 bits per heavy atom. The van der Waals surface area contributed by atoms with Gasteiger partial charge in [0.25, 0.3) is 10.0 Å². The molecule has 3 aromatic rings. The number of halogens is 1. The summed E-state index contributed by atoms with van der Waals surface area (Å²) in [5, 5.41) is 13.7. The van der Waals surface area contributed by atoms with Gasteiger partial charge in [-0.15, -0.1) is 5.10 Å². The molecular weight excluding hydrogens is 449 g/mol. The number of anilines is 1. The van der Waals surface area contributed by atoms with Crippen LogP contribution in [0.1, 0.15) is 37.1 Å². The Balaban J connectivity index is 1.24. The Hall–Kier alpha value is -3.67. The van der Waals surface area contributed by atoms with Crippen LogP contribution in [-0.4, -0.2) is 46.9 Å². The number of sulfonamides is 1. The van der Waals surface area contributed by atoms with Crippen LogP contribution in [0.3, 0.4) is 0 Å². The Morgan fingerprint density at radius 1 is 1.18 bits per heavy atom. The van der Waals surface area contributed by atoms with Crippen molar-refractivity contribution in [2.75, 3.05) is 11.9 Å². The highest BCUT2D eigenvalue weighted by atomic mass is 32.2. The van der Waals surface area contributed by atoms with Crippen molar-refractivity contribution in [3.05, 3.63) is 59.7 Å². The molecule has 172 valence electrons. The van der Waals surface area contributed by atoms with Gasteiger partial charge >= 0.3 is 0 Å². The minimum Gasteiger partial charge on any atom is -0.326 e. The number of unbranched alkanes of at least 4 members (excludes halogenated alkanes) is 2. The summed E-state index contributed by atoms with van der Waals surface area (Å²) in [6.07, 6.45) is 2.39. The summed E-state index contributed by atoms with van der Waals surface area (Å²) in [5.41, 5.74) is 1.18. The lowest BCUT2D eigenvalue weighted by atomic mass is 10.1. The highest BCUT2D eigenvalue weighted by Gasteiger charge is 2.29. The van der Waals surface area contributed by atoms with E-state index < -0.39 is 15.8 Å². The van der Waals surface area contributed by atoms with E-state index in [1.54, 1.807) is 31.2 Å². The number of aromatic nitrogens is 4. The largest absolute Gasteiger partial charge is 0.326 e. The summed E-state index contributed by atoms with van der Waals surface area (Å²) in [7, 11) is -3.54. The molecule has 0 saturated carbocycles. The fraction of sp³-hybridized carbons (Fsp3) is 0.286. The Kier molecular flexibility index (Phi) is 6.45. The van der Waals surface area contributed by atoms with Crippen molar-refractivity contribution in [1.82, 2.24) is 24.9 Å². The van der Waals surface area contributed by atoms with Crippen LogP contribution >= 0.6 is 0 Å². The molecule has 0 radical (unpaired) electrons. The van der Waals surface area contributed by atoms with Crippen molar-refractivity contribution in [2.45, 2.75) is 37.5 Å². The smallest absolute Gasteiger partial charge is 0.263 e. The summed E-state index contributed by atoms with van der Waals surface area (Å²) in [5.74, 6) is 0.0881. The number of amides is 1. The third kappa shape index (κ3) is 5.06. The number of nitrogens with zero attached hydrogens (tertiary/aromatic N) is 5. The number of aryl methyl sites for hydroxylation is 1. The molecule has 0 fully saturated rings. The Labute approximate surface area is 190 Å². The van der Waals surface area contributed by atoms with E-state index in [2.05, 4.69) is 30.6 Å². The molecule has 0 saturated heterocycles. The zero-order valence-electron chi connectivity index (χ0n) is 17.8. The number of benzene rings is 2. The predicted octanol–water partition coefficient (Wildman–Crippen LogP) is 2.35. The van der Waals surface area contributed by atoms with E-state index in [0.29, 0.717) is 48.7 Å². The number of carbonyl (C=O) groups excluding carboxylic acids is 1. The highest BCUT2D eigenvalue weighted by molar-refractivity contribution is 7.90. The van der Waals surface area contributed by atoms with Crippen LogP contribution < -0.4 is 10.0 Å². The molecule has 0 spiro atoms. The molecule has 12 heteroatoms. The second kappa shape index (κ2) is 9.45. The van der Waals surface area contributed by atoms with Gasteiger partial charge in [-0.25, -0.2) is 12.8 Å². The number of aliphatic imine (C=N–C) groups is 1. The van der Waals surface area contributed by atoms with Crippen molar-refractivity contribution in [1.29, 1.82) is 0 Å². The number of tetrazole rings is 1. The lowest BCUT2D eigenvalue weighted by molar-refractivity contribution is -0.116. The number of hydrogen-bond acceptors (Lipinski definition) is 7. The molecule has 1 aliphatic rings. The molecule has 1 aromatic heterocycles. The molecular formula is C21H22FN7O3S. The van der Waals surface area contributed by atoms with E-state index in [9.17, 15) is 17.6 Å². The summed E-state index contributed by atoms with van der Waals surface area (Å²) in [6, 6.07) is 10.9. The number of nitrogens with one attached hydrogen (secondary N) is 2. The number of rotatable bonds is 8. The molecule has 0 bridgehead atoms. The van der Waals surface area contributed by atoms with Gasteiger partial charge in [-0.1, -0.05) is 18.6 Å². The van der Waals surface area contributed by atoms with Gasteiger partial charge in [-0.2, -0.15) is 4.68 Å². The van der Waals surface area contributed by atoms with Crippen molar-refractivity contribution in [3.63, 3.8) is 0 Å². The van der Waals surface area contributed by atoms with Crippen LogP contribution in [0.5, 0.6) is 0 Å². The molecule has 2 heterocycles. The molecule has 2 aromatic carbocycles. The SMILES string of the molecule is Cc1nnnn1-c1cc(NC(=O)CCCCCN=C2NS(=O)(=O)c3ccccc32)ccc1F. The second-order valence-corrected chi connectivity index (χ2v) is 9.15. The summed E-state index contributed by atoms with van der Waals surface area (Å²) >= 11 is 0. The molecule has 1 aliphatic heterocycles. The minimum atomic E-state index is -3.54. The maximum absolute atomic E-state index is 14.1. The Bertz CT molecular complexity index is 1320. The van der Waals surface area contributed by atoms with E-state index >= 15 is 0 Å². The maximum Gasteiger partial charge on any atom is 0.263 e. The van der Waals surface area contributed by atoms with E-state index in [0.717, 1.165) is 6.42 Å². The van der Waals surface area contributed by atoms with Crippen LogP contribution in [0.25, 0.3) is 5.69 Å². The van der Waals surface area contributed by atoms with Gasteiger partial charge in [0.05, 0.1) is 4.90 Å². The molecule has 0 atom stereocenters. The Morgan fingerprint density at radius 3 is 2.79 bits per heavy atom. The molecule has 0 aliphatic carbocycles. The van der Waals surface area contributed by atoms with E-state index in [1.807, 2.05) is 0 Å². The molecule has 0 unspecified atom stereocenters. The van der Waals surface area contributed by atoms with Crippen LogP contribution in [0, 0.1) is 12.7 Å². The first-order chi connectivity index (χ1) is 15.8. The van der Waals surface area contributed by atoms with E-state index in [1.165, 1.54) is 22.9 Å². The van der Waals surface area contributed by atoms with Crippen molar-refractivity contribution < 1.29 is 17.6 Å². The first kappa shape index (κ1) is 22.5. The molecule has 1 amide bonds. The van der Waals surface area contributed by atoms with Crippen molar-refractivity contribution >= 4 is 27.5 Å². The van der Waals surface area contributed by atoms with Crippen LogP contribution in [0.4, 0.5) is 10.1 Å².